The average molecular weight is 199 g/mol. The summed E-state index contributed by atoms with van der Waals surface area (Å²) in [5.74, 6) is -0.168. The first kappa shape index (κ1) is 9.53. The van der Waals surface area contributed by atoms with E-state index in [2.05, 4.69) is 23.1 Å². The first-order chi connectivity index (χ1) is 6.11. The van der Waals surface area contributed by atoms with Crippen molar-refractivity contribution in [2.45, 2.75) is 6.92 Å². The second-order valence-corrected chi connectivity index (χ2v) is 2.82. The molecule has 70 valence electrons. The molecule has 0 unspecified atom stereocenters. The van der Waals surface area contributed by atoms with Gasteiger partial charge >= 0.3 is 5.91 Å². The van der Waals surface area contributed by atoms with Crippen LogP contribution in [0.3, 0.4) is 0 Å². The fourth-order valence-electron chi connectivity index (χ4n) is 0.780. The number of hydrazine groups is 1. The fourth-order valence-corrected chi connectivity index (χ4v) is 0.832. The molecule has 4 N–H and O–H groups in total. The molecule has 0 fully saturated rings. The highest BCUT2D eigenvalue weighted by atomic mass is 32.1. The average Bonchev–Trinajstić information content (AvgIpc) is 2.47. The molecule has 0 saturated heterocycles. The van der Waals surface area contributed by atoms with E-state index in [1.165, 1.54) is 6.26 Å². The lowest BCUT2D eigenvalue weighted by molar-refractivity contribution is 0.0915. The SMILES string of the molecule is Cc1ccoc1C(=O)NNC(N)=S. The van der Waals surface area contributed by atoms with Gasteiger partial charge in [-0.15, -0.1) is 0 Å². The second kappa shape index (κ2) is 3.90. The summed E-state index contributed by atoms with van der Waals surface area (Å²) in [4.78, 5) is 11.2. The van der Waals surface area contributed by atoms with E-state index in [-0.39, 0.29) is 10.9 Å². The van der Waals surface area contributed by atoms with Crippen LogP contribution in [0.5, 0.6) is 0 Å². The van der Waals surface area contributed by atoms with Crippen molar-refractivity contribution >= 4 is 23.2 Å². The topological polar surface area (TPSA) is 80.3 Å². The van der Waals surface area contributed by atoms with Gasteiger partial charge in [-0.25, -0.2) is 0 Å². The van der Waals surface area contributed by atoms with Crippen molar-refractivity contribution in [2.24, 2.45) is 5.73 Å². The molecule has 5 nitrogen and oxygen atoms in total. The fraction of sp³-hybridized carbons (Fsp3) is 0.143. The third-order valence-corrected chi connectivity index (χ3v) is 1.47. The Kier molecular flexibility index (Phi) is 2.86. The molecule has 0 spiro atoms. The van der Waals surface area contributed by atoms with Gasteiger partial charge in [0.05, 0.1) is 6.26 Å². The molecule has 1 rings (SSSR count). The molecule has 13 heavy (non-hydrogen) atoms. The molecule has 1 aromatic rings. The molecule has 1 aromatic heterocycles. The largest absolute Gasteiger partial charge is 0.459 e. The van der Waals surface area contributed by atoms with Crippen LogP contribution in [-0.2, 0) is 0 Å². The maximum absolute atomic E-state index is 11.2. The highest BCUT2D eigenvalue weighted by Crippen LogP contribution is 2.07. The van der Waals surface area contributed by atoms with Crippen molar-refractivity contribution in [3.63, 3.8) is 0 Å². The van der Waals surface area contributed by atoms with Gasteiger partial charge in [-0.2, -0.15) is 0 Å². The summed E-state index contributed by atoms with van der Waals surface area (Å²) in [5.41, 5.74) is 10.4. The van der Waals surface area contributed by atoms with E-state index in [0.717, 1.165) is 5.56 Å². The van der Waals surface area contributed by atoms with Gasteiger partial charge < -0.3 is 10.2 Å². The van der Waals surface area contributed by atoms with Gasteiger partial charge in [0.2, 0.25) is 0 Å². The van der Waals surface area contributed by atoms with E-state index in [0.29, 0.717) is 0 Å². The molecule has 1 amide bonds. The third-order valence-electron chi connectivity index (χ3n) is 1.37. The molecule has 1 heterocycles. The van der Waals surface area contributed by atoms with Crippen LogP contribution in [0.4, 0.5) is 0 Å². The van der Waals surface area contributed by atoms with Crippen molar-refractivity contribution in [1.82, 2.24) is 10.9 Å². The predicted octanol–water partition coefficient (Wildman–Crippen LogP) is 0.0660. The van der Waals surface area contributed by atoms with Gasteiger partial charge in [0.15, 0.2) is 10.9 Å². The lowest BCUT2D eigenvalue weighted by Crippen LogP contribution is -2.44. The monoisotopic (exact) mass is 199 g/mol. The number of carbonyl (C=O) groups is 1. The number of hydrogen-bond acceptors (Lipinski definition) is 3. The third kappa shape index (κ3) is 2.45. The minimum atomic E-state index is -0.407. The first-order valence-electron chi connectivity index (χ1n) is 3.51. The number of furan rings is 1. The normalized spacial score (nSPS) is 9.31. The van der Waals surface area contributed by atoms with Crippen LogP contribution in [0, 0.1) is 6.92 Å². The van der Waals surface area contributed by atoms with E-state index >= 15 is 0 Å². The zero-order valence-corrected chi connectivity index (χ0v) is 7.77. The molecule has 0 aliphatic heterocycles. The summed E-state index contributed by atoms with van der Waals surface area (Å²) in [7, 11) is 0. The molecule has 0 aliphatic rings. The molecule has 0 atom stereocenters. The van der Waals surface area contributed by atoms with Gasteiger partial charge in [0, 0.05) is 5.56 Å². The smallest absolute Gasteiger partial charge is 0.305 e. The number of rotatable bonds is 1. The minimum Gasteiger partial charge on any atom is -0.459 e. The Bertz CT molecular complexity index is 334. The summed E-state index contributed by atoms with van der Waals surface area (Å²) < 4.78 is 4.92. The molecule has 0 aliphatic carbocycles. The van der Waals surface area contributed by atoms with Crippen LogP contribution in [-0.4, -0.2) is 11.0 Å². The molecule has 0 bridgehead atoms. The number of amides is 1. The van der Waals surface area contributed by atoms with Gasteiger partial charge in [-0.05, 0) is 25.2 Å². The van der Waals surface area contributed by atoms with Crippen molar-refractivity contribution in [2.75, 3.05) is 0 Å². The molecule has 0 saturated carbocycles. The Hall–Kier alpha value is -1.56. The van der Waals surface area contributed by atoms with Gasteiger partial charge in [0.1, 0.15) is 0 Å². The predicted molar refractivity (Wildman–Crippen MR) is 50.8 cm³/mol. The van der Waals surface area contributed by atoms with Crippen LogP contribution in [0.1, 0.15) is 16.1 Å². The number of hydrogen-bond donors (Lipinski definition) is 3. The van der Waals surface area contributed by atoms with E-state index in [9.17, 15) is 4.79 Å². The minimum absolute atomic E-state index is 0.00226. The molecule has 0 aromatic carbocycles. The summed E-state index contributed by atoms with van der Waals surface area (Å²) >= 11 is 4.50. The Labute approximate surface area is 80.3 Å². The summed E-state index contributed by atoms with van der Waals surface area (Å²) in [6.45, 7) is 1.76. The zero-order valence-electron chi connectivity index (χ0n) is 6.96. The Morgan fingerprint density at radius 2 is 2.31 bits per heavy atom. The van der Waals surface area contributed by atoms with E-state index in [1.54, 1.807) is 13.0 Å². The first-order valence-corrected chi connectivity index (χ1v) is 3.92. The van der Waals surface area contributed by atoms with Crippen LogP contribution < -0.4 is 16.6 Å². The van der Waals surface area contributed by atoms with Gasteiger partial charge in [-0.1, -0.05) is 0 Å². The van der Waals surface area contributed by atoms with Gasteiger partial charge in [-0.3, -0.25) is 15.6 Å². The van der Waals surface area contributed by atoms with E-state index in [1.807, 2.05) is 0 Å². The summed E-state index contributed by atoms with van der Waals surface area (Å²) in [6.07, 6.45) is 1.44. The van der Waals surface area contributed by atoms with Crippen LogP contribution in [0.2, 0.25) is 0 Å². The summed E-state index contributed by atoms with van der Waals surface area (Å²) in [5, 5.41) is -0.00226. The highest BCUT2D eigenvalue weighted by Gasteiger charge is 2.11. The van der Waals surface area contributed by atoms with Crippen LogP contribution in [0.25, 0.3) is 0 Å². The lowest BCUT2D eigenvalue weighted by Gasteiger charge is -2.04. The quantitative estimate of drug-likeness (QED) is 0.440. The van der Waals surface area contributed by atoms with Crippen molar-refractivity contribution in [3.05, 3.63) is 23.7 Å². The highest BCUT2D eigenvalue weighted by molar-refractivity contribution is 7.80. The number of thiocarbonyl (C=S) groups is 1. The summed E-state index contributed by atoms with van der Waals surface area (Å²) in [6, 6.07) is 1.69. The maximum Gasteiger partial charge on any atom is 0.305 e. The zero-order chi connectivity index (χ0) is 9.84. The van der Waals surface area contributed by atoms with Crippen LogP contribution in [0.15, 0.2) is 16.7 Å². The number of nitrogens with one attached hydrogen (secondary N) is 2. The van der Waals surface area contributed by atoms with E-state index in [4.69, 9.17) is 10.2 Å². The molecule has 0 radical (unpaired) electrons. The molecular weight excluding hydrogens is 190 g/mol. The van der Waals surface area contributed by atoms with Crippen molar-refractivity contribution in [3.8, 4) is 0 Å². The second-order valence-electron chi connectivity index (χ2n) is 2.38. The van der Waals surface area contributed by atoms with Crippen molar-refractivity contribution in [1.29, 1.82) is 0 Å². The van der Waals surface area contributed by atoms with Crippen LogP contribution >= 0.6 is 12.2 Å². The number of carbonyl (C=O) groups excluding carboxylic acids is 1. The van der Waals surface area contributed by atoms with E-state index < -0.39 is 5.91 Å². The Morgan fingerprint density at radius 3 is 2.77 bits per heavy atom. The standard InChI is InChI=1S/C7H9N3O2S/c1-4-2-3-12-5(4)6(11)9-10-7(8)13/h2-3H,1H3,(H,9,11)(H3,8,10,13). The molecule has 6 heteroatoms. The van der Waals surface area contributed by atoms with Crippen molar-refractivity contribution < 1.29 is 9.21 Å². The lowest BCUT2D eigenvalue weighted by atomic mass is 10.3. The maximum atomic E-state index is 11.2. The Balaban J connectivity index is 2.59. The molecular formula is C7H9N3O2S. The Morgan fingerprint density at radius 1 is 1.62 bits per heavy atom. The number of nitrogens with two attached hydrogens (primary N) is 1. The number of aryl methyl sites for hydroxylation is 1. The van der Waals surface area contributed by atoms with Gasteiger partial charge in [0.25, 0.3) is 0 Å².